The fourth-order valence-electron chi connectivity index (χ4n) is 1.86. The SMILES string of the molecule is CCc1nc(NS(=O)(=O)c2ccc(CN)cc2Br)sc1C. The molecule has 0 atom stereocenters. The highest BCUT2D eigenvalue weighted by Crippen LogP contribution is 2.28. The number of aryl methyl sites for hydroxylation is 2. The van der Waals surface area contributed by atoms with Gasteiger partial charge in [0.05, 0.1) is 5.69 Å². The van der Waals surface area contributed by atoms with Crippen LogP contribution in [0.2, 0.25) is 0 Å². The number of halogens is 1. The fourth-order valence-corrected chi connectivity index (χ4v) is 5.12. The molecule has 8 heteroatoms. The van der Waals surface area contributed by atoms with Crippen molar-refractivity contribution in [2.24, 2.45) is 5.73 Å². The first-order valence-electron chi connectivity index (χ1n) is 6.35. The van der Waals surface area contributed by atoms with Gasteiger partial charge >= 0.3 is 0 Å². The molecular weight excluding hydrogens is 374 g/mol. The summed E-state index contributed by atoms with van der Waals surface area (Å²) in [5, 5.41) is 0.388. The first kappa shape index (κ1) is 16.4. The van der Waals surface area contributed by atoms with Gasteiger partial charge in [0.15, 0.2) is 5.13 Å². The van der Waals surface area contributed by atoms with Crippen LogP contribution in [0, 0.1) is 6.92 Å². The quantitative estimate of drug-likeness (QED) is 0.822. The zero-order valence-corrected chi connectivity index (χ0v) is 14.9. The Morgan fingerprint density at radius 2 is 2.14 bits per heavy atom. The van der Waals surface area contributed by atoms with E-state index < -0.39 is 10.0 Å². The van der Waals surface area contributed by atoms with Gasteiger partial charge in [-0.2, -0.15) is 0 Å². The Balaban J connectivity index is 2.33. The molecule has 1 aromatic heterocycles. The van der Waals surface area contributed by atoms with Crippen molar-refractivity contribution in [3.05, 3.63) is 38.8 Å². The van der Waals surface area contributed by atoms with Gasteiger partial charge < -0.3 is 5.73 Å². The van der Waals surface area contributed by atoms with Gasteiger partial charge in [0.2, 0.25) is 0 Å². The van der Waals surface area contributed by atoms with E-state index in [-0.39, 0.29) is 4.90 Å². The van der Waals surface area contributed by atoms with Crippen LogP contribution in [0.15, 0.2) is 27.6 Å². The van der Waals surface area contributed by atoms with E-state index in [2.05, 4.69) is 25.6 Å². The maximum absolute atomic E-state index is 12.4. The van der Waals surface area contributed by atoms with Crippen LogP contribution in [-0.4, -0.2) is 13.4 Å². The molecule has 0 amide bonds. The largest absolute Gasteiger partial charge is 0.326 e. The van der Waals surface area contributed by atoms with Crippen LogP contribution >= 0.6 is 27.3 Å². The summed E-state index contributed by atoms with van der Waals surface area (Å²) in [6, 6.07) is 4.94. The van der Waals surface area contributed by atoms with Crippen molar-refractivity contribution in [2.45, 2.75) is 31.7 Å². The van der Waals surface area contributed by atoms with Crippen LogP contribution in [0.4, 0.5) is 5.13 Å². The molecule has 21 heavy (non-hydrogen) atoms. The molecular formula is C13H16BrN3O2S2. The molecule has 114 valence electrons. The summed E-state index contributed by atoms with van der Waals surface area (Å²) in [4.78, 5) is 5.49. The predicted octanol–water partition coefficient (Wildman–Crippen LogP) is 3.04. The van der Waals surface area contributed by atoms with Gasteiger partial charge in [-0.3, -0.25) is 4.72 Å². The average molecular weight is 390 g/mol. The lowest BCUT2D eigenvalue weighted by Gasteiger charge is -2.08. The van der Waals surface area contributed by atoms with Crippen LogP contribution < -0.4 is 10.5 Å². The number of hydrogen-bond donors (Lipinski definition) is 2. The number of aromatic nitrogens is 1. The molecule has 0 aliphatic rings. The first-order chi connectivity index (χ1) is 9.87. The topological polar surface area (TPSA) is 85.1 Å². The highest BCUT2D eigenvalue weighted by Gasteiger charge is 2.20. The molecule has 0 radical (unpaired) electrons. The number of sulfonamides is 1. The molecule has 0 aliphatic carbocycles. The number of nitrogens with two attached hydrogens (primary N) is 1. The number of benzene rings is 1. The van der Waals surface area contributed by atoms with E-state index in [4.69, 9.17) is 5.73 Å². The van der Waals surface area contributed by atoms with Gasteiger partial charge in [0, 0.05) is 15.9 Å². The minimum Gasteiger partial charge on any atom is -0.326 e. The van der Waals surface area contributed by atoms with E-state index in [0.717, 1.165) is 22.6 Å². The lowest BCUT2D eigenvalue weighted by Crippen LogP contribution is -2.14. The van der Waals surface area contributed by atoms with Gasteiger partial charge in [0.25, 0.3) is 10.0 Å². The second-order valence-electron chi connectivity index (χ2n) is 4.45. The van der Waals surface area contributed by atoms with Gasteiger partial charge in [-0.15, -0.1) is 11.3 Å². The molecule has 1 heterocycles. The summed E-state index contributed by atoms with van der Waals surface area (Å²) < 4.78 is 27.9. The highest BCUT2D eigenvalue weighted by atomic mass is 79.9. The van der Waals surface area contributed by atoms with Gasteiger partial charge in [-0.1, -0.05) is 13.0 Å². The Hall–Kier alpha value is -0.960. The van der Waals surface area contributed by atoms with Crippen molar-refractivity contribution in [1.82, 2.24) is 4.98 Å². The van der Waals surface area contributed by atoms with Crippen LogP contribution in [-0.2, 0) is 23.0 Å². The summed E-state index contributed by atoms with van der Waals surface area (Å²) in [6.45, 7) is 4.28. The van der Waals surface area contributed by atoms with Gasteiger partial charge in [0.1, 0.15) is 4.90 Å². The number of thiazole rings is 1. The Morgan fingerprint density at radius 1 is 1.43 bits per heavy atom. The van der Waals surface area contributed by atoms with Gasteiger partial charge in [-0.25, -0.2) is 13.4 Å². The minimum absolute atomic E-state index is 0.172. The first-order valence-corrected chi connectivity index (χ1v) is 9.44. The summed E-state index contributed by atoms with van der Waals surface area (Å²) in [7, 11) is -3.67. The monoisotopic (exact) mass is 389 g/mol. The van der Waals surface area contributed by atoms with Crippen LogP contribution in [0.1, 0.15) is 23.1 Å². The molecule has 5 nitrogen and oxygen atoms in total. The van der Waals surface area contributed by atoms with E-state index in [0.29, 0.717) is 16.1 Å². The summed E-state index contributed by atoms with van der Waals surface area (Å²) in [6.07, 6.45) is 0.777. The zero-order valence-electron chi connectivity index (χ0n) is 11.7. The Bertz CT molecular complexity index is 757. The molecule has 0 aliphatic heterocycles. The van der Waals surface area contributed by atoms with E-state index >= 15 is 0 Å². The number of rotatable bonds is 5. The maximum atomic E-state index is 12.4. The summed E-state index contributed by atoms with van der Waals surface area (Å²) >= 11 is 4.62. The summed E-state index contributed by atoms with van der Waals surface area (Å²) in [5.41, 5.74) is 7.31. The third-order valence-corrected chi connectivity index (χ3v) is 6.34. The van der Waals surface area contributed by atoms with Crippen LogP contribution in [0.3, 0.4) is 0 Å². The second kappa shape index (κ2) is 6.43. The molecule has 0 unspecified atom stereocenters. The van der Waals surface area contributed by atoms with Crippen LogP contribution in [0.25, 0.3) is 0 Å². The summed E-state index contributed by atoms with van der Waals surface area (Å²) in [5.74, 6) is 0. The zero-order chi connectivity index (χ0) is 15.6. The lowest BCUT2D eigenvalue weighted by atomic mass is 10.2. The lowest BCUT2D eigenvalue weighted by molar-refractivity contribution is 0.600. The van der Waals surface area contributed by atoms with Crippen molar-refractivity contribution < 1.29 is 8.42 Å². The third-order valence-electron chi connectivity index (χ3n) is 2.97. The number of anilines is 1. The molecule has 2 aromatic rings. The maximum Gasteiger partial charge on any atom is 0.264 e. The highest BCUT2D eigenvalue weighted by molar-refractivity contribution is 9.10. The number of nitrogens with zero attached hydrogens (tertiary/aromatic N) is 1. The Labute approximate surface area is 136 Å². The van der Waals surface area contributed by atoms with Crippen molar-refractivity contribution in [3.63, 3.8) is 0 Å². The van der Waals surface area contributed by atoms with E-state index in [1.165, 1.54) is 17.4 Å². The third kappa shape index (κ3) is 3.63. The van der Waals surface area contributed by atoms with E-state index in [9.17, 15) is 8.42 Å². The molecule has 0 saturated heterocycles. The number of hydrogen-bond acceptors (Lipinski definition) is 5. The van der Waals surface area contributed by atoms with Crippen molar-refractivity contribution in [2.75, 3.05) is 4.72 Å². The van der Waals surface area contributed by atoms with Crippen molar-refractivity contribution in [1.29, 1.82) is 0 Å². The molecule has 1 aromatic carbocycles. The fraction of sp³-hybridized carbons (Fsp3) is 0.308. The standard InChI is InChI=1S/C13H16BrN3O2S2/c1-3-11-8(2)20-13(16-11)17-21(18,19)12-5-4-9(7-15)6-10(12)14/h4-6H,3,7,15H2,1-2H3,(H,16,17). The van der Waals surface area contributed by atoms with Crippen molar-refractivity contribution >= 4 is 42.4 Å². The molecule has 0 bridgehead atoms. The molecule has 2 rings (SSSR count). The Morgan fingerprint density at radius 3 is 2.67 bits per heavy atom. The van der Waals surface area contributed by atoms with E-state index in [1.807, 2.05) is 13.8 Å². The Kier molecular flexibility index (Phi) is 5.03. The van der Waals surface area contributed by atoms with Crippen molar-refractivity contribution in [3.8, 4) is 0 Å². The molecule has 0 fully saturated rings. The molecule has 0 spiro atoms. The molecule has 0 saturated carbocycles. The van der Waals surface area contributed by atoms with Crippen LogP contribution in [0.5, 0.6) is 0 Å². The molecule has 3 N–H and O–H groups in total. The smallest absolute Gasteiger partial charge is 0.264 e. The normalized spacial score (nSPS) is 11.6. The number of nitrogens with one attached hydrogen (secondary N) is 1. The van der Waals surface area contributed by atoms with Gasteiger partial charge in [-0.05, 0) is 47.0 Å². The average Bonchev–Trinajstić information content (AvgIpc) is 2.77. The van der Waals surface area contributed by atoms with E-state index in [1.54, 1.807) is 12.1 Å². The predicted molar refractivity (Wildman–Crippen MR) is 89.1 cm³/mol. The minimum atomic E-state index is -3.67. The second-order valence-corrected chi connectivity index (χ2v) is 8.16.